The molecule has 4 aliphatic rings. The van der Waals surface area contributed by atoms with E-state index in [4.69, 9.17) is 28.4 Å². The molecule has 6 rings (SSSR count). The lowest BCUT2D eigenvalue weighted by Crippen LogP contribution is -2.28. The van der Waals surface area contributed by atoms with E-state index in [0.29, 0.717) is 45.5 Å². The number of carbonyl (C=O) groups excluding carboxylic acids is 6. The molecular formula is C30H26O12. The summed E-state index contributed by atoms with van der Waals surface area (Å²) in [6.07, 6.45) is 0.993. The van der Waals surface area contributed by atoms with Gasteiger partial charge in [0.25, 0.3) is 0 Å². The molecule has 1 aliphatic carbocycles. The zero-order valence-electron chi connectivity index (χ0n) is 22.4. The Morgan fingerprint density at radius 1 is 0.714 bits per heavy atom. The van der Waals surface area contributed by atoms with E-state index in [1.54, 1.807) is 0 Å². The summed E-state index contributed by atoms with van der Waals surface area (Å²) in [6.45, 7) is 1.41. The van der Waals surface area contributed by atoms with Crippen LogP contribution < -0.4 is 9.47 Å². The Labute approximate surface area is 239 Å². The van der Waals surface area contributed by atoms with E-state index >= 15 is 0 Å². The van der Waals surface area contributed by atoms with E-state index < -0.39 is 53.4 Å². The first-order valence-corrected chi connectivity index (χ1v) is 13.7. The van der Waals surface area contributed by atoms with Gasteiger partial charge in [-0.3, -0.25) is 19.2 Å². The molecular weight excluding hydrogens is 552 g/mol. The molecule has 218 valence electrons. The van der Waals surface area contributed by atoms with Crippen molar-refractivity contribution in [2.45, 2.75) is 31.8 Å². The second-order valence-corrected chi connectivity index (χ2v) is 10.4. The lowest BCUT2D eigenvalue weighted by Gasteiger charge is -2.23. The van der Waals surface area contributed by atoms with Crippen LogP contribution in [0.1, 0.15) is 67.9 Å². The van der Waals surface area contributed by atoms with E-state index in [9.17, 15) is 28.8 Å². The van der Waals surface area contributed by atoms with Gasteiger partial charge in [-0.2, -0.15) is 0 Å². The normalized spacial score (nSPS) is 22.8. The minimum Gasteiger partial charge on any atom is -0.425 e. The molecule has 0 amide bonds. The number of hydrogen-bond donors (Lipinski definition) is 0. The Morgan fingerprint density at radius 2 is 1.38 bits per heavy atom. The number of esters is 4. The highest BCUT2D eigenvalue weighted by atomic mass is 16.6. The maximum absolute atomic E-state index is 14.0. The summed E-state index contributed by atoms with van der Waals surface area (Å²) >= 11 is 0. The lowest BCUT2D eigenvalue weighted by atomic mass is 9.82. The van der Waals surface area contributed by atoms with Gasteiger partial charge < -0.3 is 28.4 Å². The highest BCUT2D eigenvalue weighted by Crippen LogP contribution is 2.39. The van der Waals surface area contributed by atoms with Crippen LogP contribution >= 0.6 is 0 Å². The Morgan fingerprint density at radius 3 is 2.00 bits per heavy atom. The summed E-state index contributed by atoms with van der Waals surface area (Å²) in [6, 6.07) is 6.45. The van der Waals surface area contributed by atoms with Gasteiger partial charge in [-0.25, -0.2) is 9.59 Å². The van der Waals surface area contributed by atoms with Crippen molar-refractivity contribution in [3.05, 3.63) is 58.1 Å². The van der Waals surface area contributed by atoms with Gasteiger partial charge in [0.15, 0.2) is 11.9 Å². The molecule has 0 radical (unpaired) electrons. The number of rotatable bonds is 6. The fraction of sp³-hybridized carbons (Fsp3) is 0.400. The van der Waals surface area contributed by atoms with Crippen LogP contribution in [-0.4, -0.2) is 74.6 Å². The maximum atomic E-state index is 14.0. The fourth-order valence-electron chi connectivity index (χ4n) is 5.34. The third-order valence-corrected chi connectivity index (χ3v) is 7.64. The molecule has 3 aliphatic heterocycles. The molecule has 3 fully saturated rings. The molecule has 2 aromatic rings. The number of ketones is 2. The third kappa shape index (κ3) is 5.24. The average molecular weight is 579 g/mol. The topological polar surface area (TPSA) is 158 Å². The average Bonchev–Trinajstić information content (AvgIpc) is 3.79. The summed E-state index contributed by atoms with van der Waals surface area (Å²) in [4.78, 5) is 78.8. The standard InChI is InChI=1S/C30H26O12/c31-25-18-3-1-4-20(40-27(33)15-6-9-37-13-15)23(18)26(32)24-19(25)11-17(29(35)42-30(36)21-5-2-8-39-21)12-22(24)41-28(34)16-7-10-38-14-16/h1,3-4,11-12,15-16,21H,2,5-10,13-14H2. The predicted molar refractivity (Wildman–Crippen MR) is 138 cm³/mol. The van der Waals surface area contributed by atoms with Crippen LogP contribution in [0.15, 0.2) is 30.3 Å². The molecule has 2 aromatic carbocycles. The van der Waals surface area contributed by atoms with Crippen molar-refractivity contribution in [3.63, 3.8) is 0 Å². The first-order chi connectivity index (χ1) is 20.3. The van der Waals surface area contributed by atoms with Gasteiger partial charge in [0.1, 0.15) is 11.5 Å². The first kappa shape index (κ1) is 27.9. The Bertz CT molecular complexity index is 1490. The second kappa shape index (κ2) is 11.6. The molecule has 42 heavy (non-hydrogen) atoms. The van der Waals surface area contributed by atoms with Crippen molar-refractivity contribution < 1.29 is 57.2 Å². The van der Waals surface area contributed by atoms with Crippen LogP contribution in [0.5, 0.6) is 11.5 Å². The van der Waals surface area contributed by atoms with Crippen molar-refractivity contribution in [1.29, 1.82) is 0 Å². The number of ether oxygens (including phenoxy) is 6. The number of hydrogen-bond acceptors (Lipinski definition) is 12. The predicted octanol–water partition coefficient (Wildman–Crippen LogP) is 2.21. The minimum absolute atomic E-state index is 0.0668. The smallest absolute Gasteiger partial charge is 0.346 e. The molecule has 0 spiro atoms. The zero-order valence-corrected chi connectivity index (χ0v) is 22.4. The van der Waals surface area contributed by atoms with Crippen LogP contribution in [0.4, 0.5) is 0 Å². The van der Waals surface area contributed by atoms with Crippen molar-refractivity contribution >= 4 is 35.4 Å². The molecule has 0 saturated carbocycles. The van der Waals surface area contributed by atoms with Crippen molar-refractivity contribution in [3.8, 4) is 11.5 Å². The van der Waals surface area contributed by atoms with Gasteiger partial charge in [0, 0.05) is 30.9 Å². The van der Waals surface area contributed by atoms with E-state index in [1.165, 1.54) is 18.2 Å². The van der Waals surface area contributed by atoms with Crippen molar-refractivity contribution in [2.24, 2.45) is 11.8 Å². The molecule has 3 unspecified atom stereocenters. The molecule has 0 aromatic heterocycles. The van der Waals surface area contributed by atoms with Gasteiger partial charge in [-0.05, 0) is 43.9 Å². The summed E-state index contributed by atoms with van der Waals surface area (Å²) in [5.74, 6) is -6.36. The summed E-state index contributed by atoms with van der Waals surface area (Å²) in [7, 11) is 0. The van der Waals surface area contributed by atoms with Gasteiger partial charge in [0.05, 0.1) is 41.7 Å². The number of fused-ring (bicyclic) bond motifs is 2. The van der Waals surface area contributed by atoms with Gasteiger partial charge in [0.2, 0.25) is 5.78 Å². The van der Waals surface area contributed by atoms with Gasteiger partial charge in [-0.1, -0.05) is 12.1 Å². The molecule has 0 bridgehead atoms. The minimum atomic E-state index is -1.10. The summed E-state index contributed by atoms with van der Waals surface area (Å²) < 4.78 is 31.9. The molecule has 3 saturated heterocycles. The summed E-state index contributed by atoms with van der Waals surface area (Å²) in [5.41, 5.74) is -1.03. The number of benzene rings is 2. The van der Waals surface area contributed by atoms with Crippen LogP contribution in [0.25, 0.3) is 0 Å². The largest absolute Gasteiger partial charge is 0.425 e. The van der Waals surface area contributed by atoms with Crippen molar-refractivity contribution in [2.75, 3.05) is 33.0 Å². The summed E-state index contributed by atoms with van der Waals surface area (Å²) in [5, 5.41) is 0. The van der Waals surface area contributed by atoms with E-state index in [2.05, 4.69) is 0 Å². The maximum Gasteiger partial charge on any atom is 0.346 e. The Hall–Kier alpha value is -4.26. The van der Waals surface area contributed by atoms with Crippen molar-refractivity contribution in [1.82, 2.24) is 0 Å². The van der Waals surface area contributed by atoms with Crippen LogP contribution in [0.3, 0.4) is 0 Å². The third-order valence-electron chi connectivity index (χ3n) is 7.64. The van der Waals surface area contributed by atoms with E-state index in [1.807, 2.05) is 0 Å². The highest BCUT2D eigenvalue weighted by molar-refractivity contribution is 6.31. The van der Waals surface area contributed by atoms with E-state index in [0.717, 1.165) is 12.1 Å². The molecule has 12 nitrogen and oxygen atoms in total. The van der Waals surface area contributed by atoms with E-state index in [-0.39, 0.29) is 52.5 Å². The van der Waals surface area contributed by atoms with Gasteiger partial charge in [-0.15, -0.1) is 0 Å². The highest BCUT2D eigenvalue weighted by Gasteiger charge is 2.39. The lowest BCUT2D eigenvalue weighted by molar-refractivity contribution is -0.148. The fourth-order valence-corrected chi connectivity index (χ4v) is 5.34. The van der Waals surface area contributed by atoms with Crippen LogP contribution in [0.2, 0.25) is 0 Å². The van der Waals surface area contributed by atoms with Gasteiger partial charge >= 0.3 is 23.9 Å². The second-order valence-electron chi connectivity index (χ2n) is 10.4. The molecule has 3 heterocycles. The molecule has 12 heteroatoms. The zero-order chi connectivity index (χ0) is 29.4. The Balaban J connectivity index is 1.38. The number of carbonyl (C=O) groups is 6. The van der Waals surface area contributed by atoms with Crippen LogP contribution in [0, 0.1) is 11.8 Å². The SMILES string of the molecule is O=C(OC(=O)C1CCCO1)c1cc(OC(=O)C2CCOC2)c2c(c1)C(=O)c1cccc(OC(=O)C3CCOC3)c1C2=O. The monoisotopic (exact) mass is 578 g/mol. The molecule has 3 atom stereocenters. The quantitative estimate of drug-likeness (QED) is 0.239. The Kier molecular flexibility index (Phi) is 7.67. The van der Waals surface area contributed by atoms with Crippen LogP contribution in [-0.2, 0) is 33.3 Å². The molecule has 0 N–H and O–H groups in total. The first-order valence-electron chi connectivity index (χ1n) is 13.7.